The van der Waals surface area contributed by atoms with Gasteiger partial charge in [-0.25, -0.2) is 4.98 Å². The smallest absolute Gasteiger partial charge is 0.263 e. The summed E-state index contributed by atoms with van der Waals surface area (Å²) in [6.07, 6.45) is 6.25. The molecule has 2 aliphatic carbocycles. The first-order chi connectivity index (χ1) is 19.5. The highest BCUT2D eigenvalue weighted by molar-refractivity contribution is 7.99. The zero-order chi connectivity index (χ0) is 27.7. The maximum atomic E-state index is 14.6. The number of carbonyl (C=O) groups excluding carboxylic acids is 1. The summed E-state index contributed by atoms with van der Waals surface area (Å²) >= 11 is 1.29. The van der Waals surface area contributed by atoms with Crippen molar-refractivity contribution in [2.75, 3.05) is 18.2 Å². The minimum atomic E-state index is -0.216. The lowest BCUT2D eigenvalue weighted by atomic mass is 9.62. The Morgan fingerprint density at radius 3 is 2.55 bits per heavy atom. The lowest BCUT2D eigenvalue weighted by Gasteiger charge is -2.42. The molecule has 0 bridgehead atoms. The van der Waals surface area contributed by atoms with Gasteiger partial charge in [-0.2, -0.15) is 0 Å². The first-order valence-electron chi connectivity index (χ1n) is 13.9. The van der Waals surface area contributed by atoms with E-state index in [0.29, 0.717) is 16.6 Å². The molecule has 1 fully saturated rings. The van der Waals surface area contributed by atoms with E-state index in [4.69, 9.17) is 9.72 Å². The van der Waals surface area contributed by atoms with Gasteiger partial charge in [-0.1, -0.05) is 67.4 Å². The lowest BCUT2D eigenvalue weighted by Crippen LogP contribution is -2.43. The standard InChI is InChI=1S/C33H33N3O3S/c1-22-9-8-11-24(19-22)34-28(37)21-40-32-35-30-27-12-5-4-10-23(27)20-33(17-6-3-7-18-33)29(30)31(38)36(32)25-13-15-26(39-2)16-14-25/h4-5,8-16,19H,3,6-7,17-18,20-21H2,1-2H3,(H,34,37). The maximum Gasteiger partial charge on any atom is 0.263 e. The number of aromatic nitrogens is 2. The monoisotopic (exact) mass is 551 g/mol. The number of methoxy groups -OCH3 is 1. The fraction of sp³-hybridized carbons (Fsp3) is 0.303. The molecule has 40 heavy (non-hydrogen) atoms. The Morgan fingerprint density at radius 2 is 1.80 bits per heavy atom. The van der Waals surface area contributed by atoms with Crippen LogP contribution in [0.1, 0.15) is 48.8 Å². The average molecular weight is 552 g/mol. The van der Waals surface area contributed by atoms with Crippen LogP contribution in [0, 0.1) is 6.92 Å². The van der Waals surface area contributed by atoms with Crippen molar-refractivity contribution in [1.29, 1.82) is 0 Å². The normalized spacial score (nSPS) is 15.2. The molecule has 0 saturated heterocycles. The maximum absolute atomic E-state index is 14.6. The van der Waals surface area contributed by atoms with E-state index in [1.807, 2.05) is 61.5 Å². The molecule has 1 N–H and O–H groups in total. The number of nitrogens with one attached hydrogen (secondary N) is 1. The molecule has 3 aromatic carbocycles. The Bertz CT molecular complexity index is 1620. The van der Waals surface area contributed by atoms with E-state index in [0.717, 1.165) is 60.2 Å². The molecule has 6 rings (SSSR count). The van der Waals surface area contributed by atoms with Crippen molar-refractivity contribution in [1.82, 2.24) is 9.55 Å². The molecular weight excluding hydrogens is 518 g/mol. The number of benzene rings is 3. The van der Waals surface area contributed by atoms with Gasteiger partial charge in [0, 0.05) is 16.7 Å². The predicted molar refractivity (Wildman–Crippen MR) is 161 cm³/mol. The first kappa shape index (κ1) is 26.4. The number of carbonyl (C=O) groups is 1. The molecule has 7 heteroatoms. The van der Waals surface area contributed by atoms with Gasteiger partial charge in [-0.15, -0.1) is 0 Å². The molecule has 1 aromatic heterocycles. The third kappa shape index (κ3) is 4.94. The Balaban J connectivity index is 1.46. The Morgan fingerprint density at radius 1 is 1.02 bits per heavy atom. The predicted octanol–water partition coefficient (Wildman–Crippen LogP) is 6.71. The van der Waals surface area contributed by atoms with E-state index in [9.17, 15) is 9.59 Å². The van der Waals surface area contributed by atoms with Crippen molar-refractivity contribution >= 4 is 23.4 Å². The second-order valence-electron chi connectivity index (χ2n) is 10.8. The summed E-state index contributed by atoms with van der Waals surface area (Å²) in [5, 5.41) is 3.49. The molecule has 4 aromatic rings. The number of fused-ring (bicyclic) bond motifs is 4. The second-order valence-corrected chi connectivity index (χ2v) is 11.8. The van der Waals surface area contributed by atoms with Crippen molar-refractivity contribution < 1.29 is 9.53 Å². The Hall–Kier alpha value is -3.84. The average Bonchev–Trinajstić information content (AvgIpc) is 2.96. The van der Waals surface area contributed by atoms with Gasteiger partial charge in [0.2, 0.25) is 5.91 Å². The van der Waals surface area contributed by atoms with Crippen LogP contribution in [0.5, 0.6) is 5.75 Å². The number of hydrogen-bond donors (Lipinski definition) is 1. The summed E-state index contributed by atoms with van der Waals surface area (Å²) in [6.45, 7) is 1.99. The van der Waals surface area contributed by atoms with Crippen LogP contribution in [0.2, 0.25) is 0 Å². The van der Waals surface area contributed by atoms with Crippen molar-refractivity contribution in [3.05, 3.63) is 99.8 Å². The molecule has 1 saturated carbocycles. The van der Waals surface area contributed by atoms with Crippen molar-refractivity contribution in [3.63, 3.8) is 0 Å². The van der Waals surface area contributed by atoms with Gasteiger partial charge < -0.3 is 10.1 Å². The molecular formula is C33H33N3O3S. The second kappa shape index (κ2) is 11.0. The SMILES string of the molecule is COc1ccc(-n2c(SCC(=O)Nc3cccc(C)c3)nc3c(c2=O)C2(CCCCC2)Cc2ccccc2-3)cc1. The Labute approximate surface area is 238 Å². The summed E-state index contributed by atoms with van der Waals surface area (Å²) < 4.78 is 7.07. The van der Waals surface area contributed by atoms with Crippen LogP contribution in [-0.2, 0) is 16.6 Å². The van der Waals surface area contributed by atoms with Crippen LogP contribution in [0.3, 0.4) is 0 Å². The minimum Gasteiger partial charge on any atom is -0.497 e. The van der Waals surface area contributed by atoms with Gasteiger partial charge in [0.25, 0.3) is 5.56 Å². The molecule has 1 heterocycles. The van der Waals surface area contributed by atoms with Gasteiger partial charge >= 0.3 is 0 Å². The molecule has 204 valence electrons. The van der Waals surface area contributed by atoms with Crippen LogP contribution in [0.4, 0.5) is 5.69 Å². The summed E-state index contributed by atoms with van der Waals surface area (Å²) in [7, 11) is 1.63. The van der Waals surface area contributed by atoms with Gasteiger partial charge in [-0.05, 0) is 73.7 Å². The summed E-state index contributed by atoms with van der Waals surface area (Å²) in [5.41, 5.74) is 6.18. The molecule has 1 amide bonds. The van der Waals surface area contributed by atoms with E-state index >= 15 is 0 Å². The van der Waals surface area contributed by atoms with Gasteiger partial charge in [-0.3, -0.25) is 14.2 Å². The van der Waals surface area contributed by atoms with E-state index in [1.165, 1.54) is 23.7 Å². The van der Waals surface area contributed by atoms with Crippen LogP contribution < -0.4 is 15.6 Å². The number of thioether (sulfide) groups is 1. The summed E-state index contributed by atoms with van der Waals surface area (Å²) in [5.74, 6) is 0.697. The first-order valence-corrected chi connectivity index (χ1v) is 14.9. The van der Waals surface area contributed by atoms with Crippen molar-refractivity contribution in [3.8, 4) is 22.7 Å². The van der Waals surface area contributed by atoms with Crippen LogP contribution in [-0.4, -0.2) is 28.3 Å². The molecule has 0 unspecified atom stereocenters. The molecule has 6 nitrogen and oxygen atoms in total. The lowest BCUT2D eigenvalue weighted by molar-refractivity contribution is -0.113. The van der Waals surface area contributed by atoms with Crippen LogP contribution in [0.25, 0.3) is 16.9 Å². The number of ether oxygens (including phenoxy) is 1. The van der Waals surface area contributed by atoms with E-state index in [-0.39, 0.29) is 22.6 Å². The fourth-order valence-electron chi connectivity index (χ4n) is 6.29. The zero-order valence-corrected chi connectivity index (χ0v) is 23.7. The van der Waals surface area contributed by atoms with Crippen LogP contribution >= 0.6 is 11.8 Å². The van der Waals surface area contributed by atoms with Crippen LogP contribution in [0.15, 0.2) is 82.7 Å². The fourth-order valence-corrected chi connectivity index (χ4v) is 7.10. The number of anilines is 1. The summed E-state index contributed by atoms with van der Waals surface area (Å²) in [4.78, 5) is 32.8. The largest absolute Gasteiger partial charge is 0.497 e. The molecule has 0 atom stereocenters. The van der Waals surface area contributed by atoms with Gasteiger partial charge in [0.05, 0.1) is 29.8 Å². The topological polar surface area (TPSA) is 73.2 Å². The number of aryl methyl sites for hydroxylation is 1. The molecule has 0 aliphatic heterocycles. The number of amides is 1. The molecule has 0 radical (unpaired) electrons. The number of nitrogens with zero attached hydrogens (tertiary/aromatic N) is 2. The molecule has 1 spiro atoms. The highest BCUT2D eigenvalue weighted by Crippen LogP contribution is 2.49. The highest BCUT2D eigenvalue weighted by Gasteiger charge is 2.43. The third-order valence-electron chi connectivity index (χ3n) is 8.16. The van der Waals surface area contributed by atoms with E-state index < -0.39 is 0 Å². The van der Waals surface area contributed by atoms with E-state index in [2.05, 4.69) is 23.5 Å². The third-order valence-corrected chi connectivity index (χ3v) is 9.10. The molecule has 2 aliphatic rings. The van der Waals surface area contributed by atoms with Gasteiger partial charge in [0.1, 0.15) is 5.75 Å². The minimum absolute atomic E-state index is 0.0341. The van der Waals surface area contributed by atoms with Gasteiger partial charge in [0.15, 0.2) is 5.16 Å². The summed E-state index contributed by atoms with van der Waals surface area (Å²) in [6, 6.07) is 23.5. The number of hydrogen-bond acceptors (Lipinski definition) is 5. The van der Waals surface area contributed by atoms with Crippen molar-refractivity contribution in [2.45, 2.75) is 56.0 Å². The zero-order valence-electron chi connectivity index (χ0n) is 22.9. The van der Waals surface area contributed by atoms with E-state index in [1.54, 1.807) is 11.7 Å². The quantitative estimate of drug-likeness (QED) is 0.213. The number of rotatable bonds is 6. The van der Waals surface area contributed by atoms with Crippen molar-refractivity contribution in [2.24, 2.45) is 0 Å². The highest BCUT2D eigenvalue weighted by atomic mass is 32.2. The Kier molecular flexibility index (Phi) is 7.24.